The molecule has 0 saturated carbocycles. The third-order valence-electron chi connectivity index (χ3n) is 3.03. The van der Waals surface area contributed by atoms with E-state index in [1.54, 1.807) is 18.4 Å². The van der Waals surface area contributed by atoms with Gasteiger partial charge in [0.25, 0.3) is 10.0 Å². The van der Waals surface area contributed by atoms with Gasteiger partial charge in [0.2, 0.25) is 0 Å². The van der Waals surface area contributed by atoms with Crippen molar-refractivity contribution in [3.8, 4) is 0 Å². The molecule has 1 N–H and O–H groups in total. The lowest BCUT2D eigenvalue weighted by atomic mass is 10.0. The van der Waals surface area contributed by atoms with E-state index in [1.807, 2.05) is 0 Å². The minimum absolute atomic E-state index is 0.0449. The van der Waals surface area contributed by atoms with Crippen LogP contribution in [-0.2, 0) is 10.0 Å². The topological polar surface area (TPSA) is 57.6 Å². The summed E-state index contributed by atoms with van der Waals surface area (Å²) in [6.45, 7) is 2.61. The molecule has 1 aliphatic heterocycles. The average molecular weight is 340 g/mol. The normalized spacial score (nSPS) is 24.1. The highest BCUT2D eigenvalue weighted by molar-refractivity contribution is 9.10. The van der Waals surface area contributed by atoms with E-state index in [4.69, 9.17) is 0 Å². The zero-order chi connectivity index (χ0) is 12.6. The Morgan fingerprint density at radius 3 is 2.82 bits per heavy atom. The molecule has 0 radical (unpaired) electrons. The first-order chi connectivity index (χ1) is 7.93. The molecule has 0 aliphatic carbocycles. The molecule has 0 aromatic carbocycles. The number of sulfonamides is 1. The largest absolute Gasteiger partial charge is 0.393 e. The number of aliphatic hydroxyl groups excluding tert-OH is 1. The van der Waals surface area contributed by atoms with Gasteiger partial charge in [-0.3, -0.25) is 0 Å². The highest BCUT2D eigenvalue weighted by Gasteiger charge is 2.35. The van der Waals surface area contributed by atoms with Crippen LogP contribution in [0.15, 0.2) is 20.1 Å². The molecule has 7 heteroatoms. The quantitative estimate of drug-likeness (QED) is 0.914. The summed E-state index contributed by atoms with van der Waals surface area (Å²) in [6.07, 6.45) is 0.266. The van der Waals surface area contributed by atoms with Crippen molar-refractivity contribution >= 4 is 37.3 Å². The van der Waals surface area contributed by atoms with E-state index in [9.17, 15) is 13.5 Å². The van der Waals surface area contributed by atoms with E-state index in [2.05, 4.69) is 15.9 Å². The summed E-state index contributed by atoms with van der Waals surface area (Å²) >= 11 is 4.46. The lowest BCUT2D eigenvalue weighted by Crippen LogP contribution is -2.30. The van der Waals surface area contributed by atoms with Crippen molar-refractivity contribution in [1.29, 1.82) is 0 Å². The molecular formula is C10H14BrNO3S2. The predicted octanol–water partition coefficient (Wildman–Crippen LogP) is 1.90. The Balaban J connectivity index is 2.22. The maximum atomic E-state index is 12.3. The van der Waals surface area contributed by atoms with Crippen LogP contribution in [0.25, 0.3) is 0 Å². The SMILES string of the molecule is CC(O)C1CCN(S(=O)(=O)c2sccc2Br)C1. The molecule has 4 nitrogen and oxygen atoms in total. The van der Waals surface area contributed by atoms with Crippen molar-refractivity contribution in [2.24, 2.45) is 5.92 Å². The van der Waals surface area contributed by atoms with Crippen LogP contribution < -0.4 is 0 Å². The van der Waals surface area contributed by atoms with E-state index in [-0.39, 0.29) is 5.92 Å². The van der Waals surface area contributed by atoms with Gasteiger partial charge in [0.1, 0.15) is 4.21 Å². The first-order valence-corrected chi connectivity index (χ1v) is 8.45. The second-order valence-electron chi connectivity index (χ2n) is 4.21. The van der Waals surface area contributed by atoms with Gasteiger partial charge in [-0.15, -0.1) is 11.3 Å². The lowest BCUT2D eigenvalue weighted by molar-refractivity contribution is 0.133. The maximum absolute atomic E-state index is 12.3. The van der Waals surface area contributed by atoms with Gasteiger partial charge in [0.15, 0.2) is 0 Å². The fourth-order valence-corrected chi connectivity index (χ4v) is 5.91. The number of thiophene rings is 1. The molecule has 0 spiro atoms. The van der Waals surface area contributed by atoms with E-state index in [1.165, 1.54) is 15.6 Å². The van der Waals surface area contributed by atoms with Gasteiger partial charge >= 0.3 is 0 Å². The lowest BCUT2D eigenvalue weighted by Gasteiger charge is -2.17. The number of aliphatic hydroxyl groups is 1. The number of nitrogens with zero attached hydrogens (tertiary/aromatic N) is 1. The van der Waals surface area contributed by atoms with E-state index in [0.717, 1.165) is 6.42 Å². The molecule has 2 atom stereocenters. The predicted molar refractivity (Wildman–Crippen MR) is 70.6 cm³/mol. The summed E-state index contributed by atoms with van der Waals surface area (Å²) < 4.78 is 27.0. The standard InChI is InChI=1S/C10H14BrNO3S2/c1-7(13)8-2-4-12(6-8)17(14,15)10-9(11)3-5-16-10/h3,5,7-8,13H,2,4,6H2,1H3. The Morgan fingerprint density at radius 1 is 1.65 bits per heavy atom. The molecule has 1 fully saturated rings. The van der Waals surface area contributed by atoms with Crippen LogP contribution in [-0.4, -0.2) is 37.0 Å². The Kier molecular flexibility index (Phi) is 3.94. The van der Waals surface area contributed by atoms with Crippen molar-refractivity contribution in [3.63, 3.8) is 0 Å². The van der Waals surface area contributed by atoms with Gasteiger partial charge in [0.05, 0.1) is 6.10 Å². The fourth-order valence-electron chi connectivity index (χ4n) is 1.95. The molecule has 2 unspecified atom stereocenters. The van der Waals surface area contributed by atoms with Crippen LogP contribution in [0.3, 0.4) is 0 Å². The molecule has 1 aromatic rings. The summed E-state index contributed by atoms with van der Waals surface area (Å²) in [5, 5.41) is 11.2. The van der Waals surface area contributed by atoms with Gasteiger partial charge in [0, 0.05) is 17.6 Å². The summed E-state index contributed by atoms with van der Waals surface area (Å²) in [7, 11) is -3.40. The van der Waals surface area contributed by atoms with Crippen LogP contribution in [0, 0.1) is 5.92 Å². The Hall–Kier alpha value is 0.0500. The van der Waals surface area contributed by atoms with Gasteiger partial charge in [-0.25, -0.2) is 8.42 Å². The van der Waals surface area contributed by atoms with E-state index in [0.29, 0.717) is 21.8 Å². The smallest absolute Gasteiger partial charge is 0.253 e. The summed E-state index contributed by atoms with van der Waals surface area (Å²) in [4.78, 5) is 0. The van der Waals surface area contributed by atoms with Crippen molar-refractivity contribution in [3.05, 3.63) is 15.9 Å². The maximum Gasteiger partial charge on any atom is 0.253 e. The Bertz CT molecular complexity index is 497. The van der Waals surface area contributed by atoms with Crippen LogP contribution in [0.4, 0.5) is 0 Å². The van der Waals surface area contributed by atoms with Crippen molar-refractivity contribution in [2.45, 2.75) is 23.7 Å². The van der Waals surface area contributed by atoms with E-state index >= 15 is 0 Å². The highest BCUT2D eigenvalue weighted by Crippen LogP contribution is 2.33. The first-order valence-electron chi connectivity index (χ1n) is 5.34. The summed E-state index contributed by atoms with van der Waals surface area (Å²) in [5.74, 6) is 0.0449. The van der Waals surface area contributed by atoms with Crippen LogP contribution in [0.1, 0.15) is 13.3 Å². The zero-order valence-electron chi connectivity index (χ0n) is 9.34. The summed E-state index contributed by atoms with van der Waals surface area (Å²) in [5.41, 5.74) is 0. The Morgan fingerprint density at radius 2 is 2.35 bits per heavy atom. The highest BCUT2D eigenvalue weighted by atomic mass is 79.9. The number of hydrogen-bond donors (Lipinski definition) is 1. The molecule has 1 saturated heterocycles. The first kappa shape index (κ1) is 13.5. The van der Waals surface area contributed by atoms with Crippen molar-refractivity contribution in [1.82, 2.24) is 4.31 Å². The minimum Gasteiger partial charge on any atom is -0.393 e. The molecule has 2 rings (SSSR count). The molecule has 2 heterocycles. The van der Waals surface area contributed by atoms with Crippen LogP contribution in [0.5, 0.6) is 0 Å². The molecule has 0 amide bonds. The van der Waals surface area contributed by atoms with E-state index < -0.39 is 16.1 Å². The molecule has 17 heavy (non-hydrogen) atoms. The third-order valence-corrected chi connectivity index (χ3v) is 7.54. The molecule has 0 bridgehead atoms. The van der Waals surface area contributed by atoms with Gasteiger partial charge < -0.3 is 5.11 Å². The number of halogens is 1. The second kappa shape index (κ2) is 4.97. The Labute approximate surface area is 113 Å². The van der Waals surface area contributed by atoms with Crippen molar-refractivity contribution < 1.29 is 13.5 Å². The van der Waals surface area contributed by atoms with Gasteiger partial charge in [-0.2, -0.15) is 4.31 Å². The molecule has 1 aromatic heterocycles. The minimum atomic E-state index is -3.40. The third kappa shape index (κ3) is 2.58. The molecule has 96 valence electrons. The number of hydrogen-bond acceptors (Lipinski definition) is 4. The van der Waals surface area contributed by atoms with Gasteiger partial charge in [-0.1, -0.05) is 0 Å². The van der Waals surface area contributed by atoms with Crippen LogP contribution in [0.2, 0.25) is 0 Å². The van der Waals surface area contributed by atoms with Crippen LogP contribution >= 0.6 is 27.3 Å². The molecule has 1 aliphatic rings. The summed E-state index contributed by atoms with van der Waals surface area (Å²) in [6, 6.07) is 1.74. The zero-order valence-corrected chi connectivity index (χ0v) is 12.6. The average Bonchev–Trinajstić information content (AvgIpc) is 2.84. The number of rotatable bonds is 3. The molecular weight excluding hydrogens is 326 g/mol. The van der Waals surface area contributed by atoms with Gasteiger partial charge in [-0.05, 0) is 46.6 Å². The fraction of sp³-hybridized carbons (Fsp3) is 0.600. The second-order valence-corrected chi connectivity index (χ2v) is 8.11. The monoisotopic (exact) mass is 339 g/mol. The van der Waals surface area contributed by atoms with Crippen molar-refractivity contribution in [2.75, 3.05) is 13.1 Å².